The summed E-state index contributed by atoms with van der Waals surface area (Å²) in [5, 5.41) is 6.44. The van der Waals surface area contributed by atoms with E-state index in [0.717, 1.165) is 5.56 Å². The van der Waals surface area contributed by atoms with Gasteiger partial charge >= 0.3 is 0 Å². The Hall–Kier alpha value is -3.55. The molecule has 0 fully saturated rings. The molecule has 148 valence electrons. The van der Waals surface area contributed by atoms with Gasteiger partial charge in [-0.1, -0.05) is 17.7 Å². The van der Waals surface area contributed by atoms with Crippen LogP contribution in [0.15, 0.2) is 41.5 Å². The molecule has 2 rings (SSSR count). The molecule has 2 aromatic carbocycles. The fraction of sp³-hybridized carbons (Fsp3) is 0.250. The molecule has 0 aliphatic rings. The minimum Gasteiger partial charge on any atom is -0.496 e. The predicted molar refractivity (Wildman–Crippen MR) is 105 cm³/mol. The van der Waals surface area contributed by atoms with E-state index in [-0.39, 0.29) is 12.5 Å². The smallest absolute Gasteiger partial charge is 0.259 e. The van der Waals surface area contributed by atoms with Crippen LogP contribution in [0.25, 0.3) is 0 Å². The molecular formula is C20H23N3O5. The maximum Gasteiger partial charge on any atom is 0.259 e. The Balaban J connectivity index is 1.95. The number of hydrazone groups is 1. The largest absolute Gasteiger partial charge is 0.496 e. The molecule has 8 heteroatoms. The third-order valence-corrected chi connectivity index (χ3v) is 3.82. The van der Waals surface area contributed by atoms with E-state index in [9.17, 15) is 9.59 Å². The van der Waals surface area contributed by atoms with Crippen LogP contribution in [-0.2, 0) is 4.79 Å². The van der Waals surface area contributed by atoms with Crippen molar-refractivity contribution in [3.05, 3.63) is 53.1 Å². The lowest BCUT2D eigenvalue weighted by Crippen LogP contribution is -2.34. The van der Waals surface area contributed by atoms with E-state index in [0.29, 0.717) is 28.4 Å². The lowest BCUT2D eigenvalue weighted by molar-refractivity contribution is -0.120. The number of aryl methyl sites for hydroxylation is 1. The minimum atomic E-state index is -0.461. The van der Waals surface area contributed by atoms with Crippen LogP contribution in [0.4, 0.5) is 0 Å². The van der Waals surface area contributed by atoms with Crippen LogP contribution in [-0.4, -0.2) is 45.9 Å². The monoisotopic (exact) mass is 385 g/mol. The van der Waals surface area contributed by atoms with Gasteiger partial charge in [0.15, 0.2) is 11.5 Å². The average molecular weight is 385 g/mol. The highest BCUT2D eigenvalue weighted by molar-refractivity contribution is 5.96. The summed E-state index contributed by atoms with van der Waals surface area (Å²) >= 11 is 0. The summed E-state index contributed by atoms with van der Waals surface area (Å²) in [7, 11) is 4.55. The third-order valence-electron chi connectivity index (χ3n) is 3.82. The first-order chi connectivity index (χ1) is 13.5. The molecular weight excluding hydrogens is 362 g/mol. The van der Waals surface area contributed by atoms with Gasteiger partial charge in [0, 0.05) is 17.2 Å². The third kappa shape index (κ3) is 5.47. The molecule has 8 nitrogen and oxygen atoms in total. The number of nitrogens with one attached hydrogen (secondary N) is 2. The number of ether oxygens (including phenoxy) is 3. The first-order valence-electron chi connectivity index (χ1n) is 8.45. The average Bonchev–Trinajstić information content (AvgIpc) is 2.71. The first kappa shape index (κ1) is 20.8. The maximum atomic E-state index is 12.0. The Kier molecular flexibility index (Phi) is 7.38. The van der Waals surface area contributed by atoms with Crippen molar-refractivity contribution in [2.75, 3.05) is 27.9 Å². The van der Waals surface area contributed by atoms with E-state index in [4.69, 9.17) is 14.2 Å². The molecule has 0 unspecified atom stereocenters. The number of hydrogen-bond acceptors (Lipinski definition) is 6. The van der Waals surface area contributed by atoms with Gasteiger partial charge in [0.1, 0.15) is 5.75 Å². The lowest BCUT2D eigenvalue weighted by Gasteiger charge is -2.11. The Morgan fingerprint density at radius 1 is 1.00 bits per heavy atom. The predicted octanol–water partition coefficient (Wildman–Crippen LogP) is 1.90. The van der Waals surface area contributed by atoms with E-state index in [1.165, 1.54) is 27.5 Å². The van der Waals surface area contributed by atoms with Gasteiger partial charge in [-0.15, -0.1) is 0 Å². The quantitative estimate of drug-likeness (QED) is 0.534. The molecule has 0 aliphatic heterocycles. The van der Waals surface area contributed by atoms with Crippen molar-refractivity contribution < 1.29 is 23.8 Å². The molecule has 2 aromatic rings. The second kappa shape index (κ2) is 9.96. The molecule has 0 aromatic heterocycles. The van der Waals surface area contributed by atoms with E-state index >= 15 is 0 Å². The van der Waals surface area contributed by atoms with E-state index in [2.05, 4.69) is 15.8 Å². The second-order valence-electron chi connectivity index (χ2n) is 5.79. The van der Waals surface area contributed by atoms with E-state index in [1.54, 1.807) is 30.3 Å². The second-order valence-corrected chi connectivity index (χ2v) is 5.79. The number of hydrogen-bond donors (Lipinski definition) is 2. The number of benzene rings is 2. The van der Waals surface area contributed by atoms with Gasteiger partial charge in [-0.3, -0.25) is 9.59 Å². The number of methoxy groups -OCH3 is 3. The van der Waals surface area contributed by atoms with Gasteiger partial charge in [-0.25, -0.2) is 5.43 Å². The fourth-order valence-electron chi connectivity index (χ4n) is 2.42. The molecule has 0 saturated carbocycles. The summed E-state index contributed by atoms with van der Waals surface area (Å²) < 4.78 is 15.7. The molecule has 0 heterocycles. The van der Waals surface area contributed by atoms with Crippen molar-refractivity contribution in [2.45, 2.75) is 6.92 Å². The zero-order chi connectivity index (χ0) is 20.5. The van der Waals surface area contributed by atoms with Gasteiger partial charge in [0.05, 0.1) is 34.1 Å². The van der Waals surface area contributed by atoms with Crippen LogP contribution in [0.1, 0.15) is 21.5 Å². The summed E-state index contributed by atoms with van der Waals surface area (Å²) in [5.41, 5.74) is 4.40. The van der Waals surface area contributed by atoms with Gasteiger partial charge in [0.25, 0.3) is 11.8 Å². The molecule has 28 heavy (non-hydrogen) atoms. The van der Waals surface area contributed by atoms with Crippen molar-refractivity contribution in [1.82, 2.24) is 10.7 Å². The SMILES string of the molecule is COc1cc(OC)c(OC)cc1/C=N/NC(=O)CNC(=O)c1cccc(C)c1. The molecule has 0 bridgehead atoms. The number of nitrogens with zero attached hydrogens (tertiary/aromatic N) is 1. The molecule has 0 radical (unpaired) electrons. The van der Waals surface area contributed by atoms with Crippen LogP contribution in [0.2, 0.25) is 0 Å². The lowest BCUT2D eigenvalue weighted by atomic mass is 10.1. The van der Waals surface area contributed by atoms with Gasteiger partial charge < -0.3 is 19.5 Å². The number of carbonyl (C=O) groups is 2. The van der Waals surface area contributed by atoms with Crippen molar-refractivity contribution in [3.63, 3.8) is 0 Å². The van der Waals surface area contributed by atoms with Crippen LogP contribution >= 0.6 is 0 Å². The van der Waals surface area contributed by atoms with Gasteiger partial charge in [-0.2, -0.15) is 5.10 Å². The Labute approximate surface area is 163 Å². The highest BCUT2D eigenvalue weighted by atomic mass is 16.5. The molecule has 0 atom stereocenters. The van der Waals surface area contributed by atoms with Crippen LogP contribution in [0.3, 0.4) is 0 Å². The Morgan fingerprint density at radius 3 is 2.32 bits per heavy atom. The maximum absolute atomic E-state index is 12.0. The molecule has 2 amide bonds. The van der Waals surface area contributed by atoms with Crippen molar-refractivity contribution in [3.8, 4) is 17.2 Å². The van der Waals surface area contributed by atoms with Crippen molar-refractivity contribution >= 4 is 18.0 Å². The van der Waals surface area contributed by atoms with Crippen molar-refractivity contribution in [2.24, 2.45) is 5.10 Å². The normalized spacial score (nSPS) is 10.4. The van der Waals surface area contributed by atoms with Crippen LogP contribution < -0.4 is 25.0 Å². The van der Waals surface area contributed by atoms with Crippen LogP contribution in [0, 0.1) is 6.92 Å². The summed E-state index contributed by atoms with van der Waals surface area (Å²) in [6.07, 6.45) is 1.42. The Morgan fingerprint density at radius 2 is 1.68 bits per heavy atom. The summed E-state index contributed by atoms with van der Waals surface area (Å²) in [6.45, 7) is 1.69. The summed E-state index contributed by atoms with van der Waals surface area (Å²) in [4.78, 5) is 23.9. The zero-order valence-corrected chi connectivity index (χ0v) is 16.2. The van der Waals surface area contributed by atoms with Crippen molar-refractivity contribution in [1.29, 1.82) is 0 Å². The topological polar surface area (TPSA) is 98.2 Å². The minimum absolute atomic E-state index is 0.201. The first-order valence-corrected chi connectivity index (χ1v) is 8.45. The van der Waals surface area contributed by atoms with Gasteiger partial charge in [0.2, 0.25) is 0 Å². The molecule has 0 aliphatic carbocycles. The number of carbonyl (C=O) groups excluding carboxylic acids is 2. The molecule has 2 N–H and O–H groups in total. The number of amides is 2. The van der Waals surface area contributed by atoms with E-state index < -0.39 is 5.91 Å². The Bertz CT molecular complexity index is 880. The van der Waals surface area contributed by atoms with E-state index in [1.807, 2.05) is 13.0 Å². The summed E-state index contributed by atoms with van der Waals surface area (Å²) in [6, 6.07) is 10.4. The number of rotatable bonds is 8. The summed E-state index contributed by atoms with van der Waals surface area (Å²) in [5.74, 6) is 0.727. The fourth-order valence-corrected chi connectivity index (χ4v) is 2.42. The highest BCUT2D eigenvalue weighted by Gasteiger charge is 2.11. The van der Waals surface area contributed by atoms with Crippen LogP contribution in [0.5, 0.6) is 17.2 Å². The highest BCUT2D eigenvalue weighted by Crippen LogP contribution is 2.33. The zero-order valence-electron chi connectivity index (χ0n) is 16.2. The molecule has 0 spiro atoms. The molecule has 0 saturated heterocycles. The van der Waals surface area contributed by atoms with Gasteiger partial charge in [-0.05, 0) is 25.1 Å². The standard InChI is InChI=1S/C20H23N3O5/c1-13-6-5-7-14(8-13)20(25)21-12-19(24)23-22-11-15-9-17(27-3)18(28-4)10-16(15)26-2/h5-11H,12H2,1-4H3,(H,21,25)(H,23,24)/b22-11+.